The van der Waals surface area contributed by atoms with Crippen molar-refractivity contribution in [2.24, 2.45) is 4.99 Å². The number of nitrogens with zero attached hydrogens (tertiary/aromatic N) is 2. The van der Waals surface area contributed by atoms with Crippen LogP contribution in [0.25, 0.3) is 6.08 Å². The van der Waals surface area contributed by atoms with Gasteiger partial charge in [0.15, 0.2) is 4.80 Å². The largest absolute Gasteiger partial charge is 0.496 e. The van der Waals surface area contributed by atoms with Gasteiger partial charge in [-0.3, -0.25) is 9.36 Å². The standard InChI is InChI=1S/C25H23BrN2O4S/c1-5-32-24(30)21-15(3)27-25-28(22(21)17-9-6-14(2)7-10-17)23(29)20(33-25)13-16-8-11-19(31-4)18(26)12-16/h6-13,22H,5H2,1-4H3/b20-13-/t22-/m0/s1. The van der Waals surface area contributed by atoms with E-state index in [1.54, 1.807) is 25.5 Å². The molecule has 3 aromatic rings. The highest BCUT2D eigenvalue weighted by molar-refractivity contribution is 9.10. The van der Waals surface area contributed by atoms with Crippen LogP contribution in [0.15, 0.2) is 68.0 Å². The first-order valence-corrected chi connectivity index (χ1v) is 12.0. The van der Waals surface area contributed by atoms with E-state index in [1.165, 1.54) is 11.3 Å². The zero-order chi connectivity index (χ0) is 23.7. The van der Waals surface area contributed by atoms with Crippen molar-refractivity contribution in [3.8, 4) is 5.75 Å². The first-order valence-electron chi connectivity index (χ1n) is 10.4. The van der Waals surface area contributed by atoms with Gasteiger partial charge in [0.05, 0.1) is 40.0 Å². The Kier molecular flexibility index (Phi) is 6.67. The van der Waals surface area contributed by atoms with E-state index in [1.807, 2.05) is 55.5 Å². The second-order valence-corrected chi connectivity index (χ2v) is 9.47. The van der Waals surface area contributed by atoms with Gasteiger partial charge in [0.25, 0.3) is 5.56 Å². The number of hydrogen-bond acceptors (Lipinski definition) is 6. The van der Waals surface area contributed by atoms with Crippen LogP contribution in [-0.4, -0.2) is 24.3 Å². The number of methoxy groups -OCH3 is 1. The monoisotopic (exact) mass is 526 g/mol. The number of fused-ring (bicyclic) bond motifs is 1. The molecule has 0 saturated carbocycles. The molecule has 0 unspecified atom stereocenters. The molecule has 2 aromatic carbocycles. The molecule has 8 heteroatoms. The smallest absolute Gasteiger partial charge is 0.338 e. The Bertz CT molecular complexity index is 1430. The van der Waals surface area contributed by atoms with Crippen LogP contribution in [0.3, 0.4) is 0 Å². The lowest BCUT2D eigenvalue weighted by Crippen LogP contribution is -2.39. The normalized spacial score (nSPS) is 15.8. The number of carbonyl (C=O) groups excluding carboxylic acids is 1. The van der Waals surface area contributed by atoms with Crippen molar-refractivity contribution in [1.29, 1.82) is 0 Å². The van der Waals surface area contributed by atoms with Crippen molar-refractivity contribution in [1.82, 2.24) is 4.57 Å². The summed E-state index contributed by atoms with van der Waals surface area (Å²) in [5.41, 5.74) is 3.50. The van der Waals surface area contributed by atoms with Crippen molar-refractivity contribution >= 4 is 39.3 Å². The average Bonchev–Trinajstić information content (AvgIpc) is 3.08. The summed E-state index contributed by atoms with van der Waals surface area (Å²) < 4.78 is 13.5. The van der Waals surface area contributed by atoms with Gasteiger partial charge in [-0.25, -0.2) is 9.79 Å². The molecule has 0 N–H and O–H groups in total. The van der Waals surface area contributed by atoms with E-state index in [9.17, 15) is 9.59 Å². The summed E-state index contributed by atoms with van der Waals surface area (Å²) in [6, 6.07) is 12.8. The molecule has 33 heavy (non-hydrogen) atoms. The minimum absolute atomic E-state index is 0.203. The molecule has 0 radical (unpaired) electrons. The number of aromatic nitrogens is 1. The molecule has 0 bridgehead atoms. The fraction of sp³-hybridized carbons (Fsp3) is 0.240. The van der Waals surface area contributed by atoms with Gasteiger partial charge >= 0.3 is 5.97 Å². The van der Waals surface area contributed by atoms with Crippen molar-refractivity contribution < 1.29 is 14.3 Å². The number of halogens is 1. The van der Waals surface area contributed by atoms with Crippen LogP contribution < -0.4 is 19.6 Å². The summed E-state index contributed by atoms with van der Waals surface area (Å²) in [7, 11) is 1.60. The second-order valence-electron chi connectivity index (χ2n) is 7.61. The number of rotatable bonds is 5. The maximum absolute atomic E-state index is 13.6. The highest BCUT2D eigenvalue weighted by Gasteiger charge is 2.33. The van der Waals surface area contributed by atoms with Gasteiger partial charge in [-0.15, -0.1) is 0 Å². The summed E-state index contributed by atoms with van der Waals surface area (Å²) in [4.78, 5) is 31.6. The quantitative estimate of drug-likeness (QED) is 0.473. The molecule has 6 nitrogen and oxygen atoms in total. The van der Waals surface area contributed by atoms with Gasteiger partial charge in [0, 0.05) is 0 Å². The van der Waals surface area contributed by atoms with E-state index in [0.29, 0.717) is 26.4 Å². The van der Waals surface area contributed by atoms with Crippen molar-refractivity contribution in [2.45, 2.75) is 26.8 Å². The summed E-state index contributed by atoms with van der Waals surface area (Å²) in [6.07, 6.45) is 1.82. The highest BCUT2D eigenvalue weighted by Crippen LogP contribution is 2.31. The number of ether oxygens (including phenoxy) is 2. The van der Waals surface area contributed by atoms with Crippen LogP contribution in [0.4, 0.5) is 0 Å². The Balaban J connectivity index is 1.93. The van der Waals surface area contributed by atoms with E-state index in [4.69, 9.17) is 9.47 Å². The van der Waals surface area contributed by atoms with Crippen molar-refractivity contribution in [3.63, 3.8) is 0 Å². The summed E-state index contributed by atoms with van der Waals surface area (Å²) in [6.45, 7) is 5.78. The maximum Gasteiger partial charge on any atom is 0.338 e. The molecule has 0 amide bonds. The number of carbonyl (C=O) groups is 1. The number of allylic oxidation sites excluding steroid dienone is 1. The lowest BCUT2D eigenvalue weighted by molar-refractivity contribution is -0.139. The first kappa shape index (κ1) is 23.2. The third kappa shape index (κ3) is 4.45. The third-order valence-electron chi connectivity index (χ3n) is 5.38. The minimum Gasteiger partial charge on any atom is -0.496 e. The van der Waals surface area contributed by atoms with Crippen LogP contribution in [0.1, 0.15) is 36.6 Å². The van der Waals surface area contributed by atoms with Crippen LogP contribution in [0, 0.1) is 6.92 Å². The van der Waals surface area contributed by atoms with E-state index in [2.05, 4.69) is 20.9 Å². The highest BCUT2D eigenvalue weighted by atomic mass is 79.9. The molecular weight excluding hydrogens is 504 g/mol. The third-order valence-corrected chi connectivity index (χ3v) is 6.99. The van der Waals surface area contributed by atoms with Crippen LogP contribution in [-0.2, 0) is 9.53 Å². The Morgan fingerprint density at radius 1 is 1.21 bits per heavy atom. The fourth-order valence-corrected chi connectivity index (χ4v) is 5.38. The molecule has 4 rings (SSSR count). The average molecular weight is 527 g/mol. The Hall–Kier alpha value is -2.97. The fourth-order valence-electron chi connectivity index (χ4n) is 3.78. The van der Waals surface area contributed by atoms with Crippen molar-refractivity contribution in [3.05, 3.63) is 94.6 Å². The Morgan fingerprint density at radius 2 is 1.94 bits per heavy atom. The lowest BCUT2D eigenvalue weighted by Gasteiger charge is -2.24. The van der Waals surface area contributed by atoms with Gasteiger partial charge in [-0.1, -0.05) is 47.2 Å². The van der Waals surface area contributed by atoms with Gasteiger partial charge in [0.2, 0.25) is 0 Å². The van der Waals surface area contributed by atoms with Crippen LogP contribution in [0.2, 0.25) is 0 Å². The molecular formula is C25H23BrN2O4S. The zero-order valence-electron chi connectivity index (χ0n) is 18.7. The van der Waals surface area contributed by atoms with E-state index in [0.717, 1.165) is 21.2 Å². The predicted molar refractivity (Wildman–Crippen MR) is 132 cm³/mol. The Labute approximate surface area is 203 Å². The molecule has 0 spiro atoms. The van der Waals surface area contributed by atoms with E-state index < -0.39 is 12.0 Å². The predicted octanol–water partition coefficient (Wildman–Crippen LogP) is 3.88. The molecule has 2 heterocycles. The summed E-state index contributed by atoms with van der Waals surface area (Å²) in [5.74, 6) is 0.250. The number of benzene rings is 2. The number of hydrogen-bond donors (Lipinski definition) is 0. The van der Waals surface area contributed by atoms with E-state index in [-0.39, 0.29) is 12.2 Å². The van der Waals surface area contributed by atoms with E-state index >= 15 is 0 Å². The van der Waals surface area contributed by atoms with Gasteiger partial charge in [-0.2, -0.15) is 0 Å². The number of thiazole rings is 1. The van der Waals surface area contributed by atoms with Crippen molar-refractivity contribution in [2.75, 3.05) is 13.7 Å². The van der Waals surface area contributed by atoms with Gasteiger partial charge in [0.1, 0.15) is 5.75 Å². The molecule has 1 aliphatic heterocycles. The first-order chi connectivity index (χ1) is 15.8. The van der Waals surface area contributed by atoms with Gasteiger partial charge in [-0.05, 0) is 66.0 Å². The van der Waals surface area contributed by atoms with Crippen LogP contribution >= 0.6 is 27.3 Å². The van der Waals surface area contributed by atoms with Gasteiger partial charge < -0.3 is 9.47 Å². The molecule has 1 atom stereocenters. The topological polar surface area (TPSA) is 69.9 Å². The Morgan fingerprint density at radius 3 is 2.58 bits per heavy atom. The molecule has 0 saturated heterocycles. The minimum atomic E-state index is -0.606. The zero-order valence-corrected chi connectivity index (χ0v) is 21.1. The summed E-state index contributed by atoms with van der Waals surface area (Å²) in [5, 5.41) is 0. The van der Waals surface area contributed by atoms with Crippen LogP contribution in [0.5, 0.6) is 5.75 Å². The lowest BCUT2D eigenvalue weighted by atomic mass is 9.95. The molecule has 0 aliphatic carbocycles. The number of esters is 1. The maximum atomic E-state index is 13.6. The summed E-state index contributed by atoms with van der Waals surface area (Å²) >= 11 is 4.79. The molecule has 0 fully saturated rings. The molecule has 1 aliphatic rings. The SMILES string of the molecule is CCOC(=O)C1=C(C)N=c2s/c(=C\c3ccc(OC)c(Br)c3)c(=O)n2[C@H]1c1ccc(C)cc1. The number of aryl methyl sites for hydroxylation is 1. The second kappa shape index (κ2) is 9.49. The molecule has 1 aromatic heterocycles. The molecule has 170 valence electrons.